The van der Waals surface area contributed by atoms with Gasteiger partial charge >= 0.3 is 0 Å². The lowest BCUT2D eigenvalue weighted by Crippen LogP contribution is -2.31. The molecule has 1 aromatic rings. The van der Waals surface area contributed by atoms with Crippen molar-refractivity contribution >= 4 is 21.7 Å². The van der Waals surface area contributed by atoms with Crippen molar-refractivity contribution in [2.24, 2.45) is 5.92 Å². The number of hydrogen-bond donors (Lipinski definition) is 0. The predicted octanol–water partition coefficient (Wildman–Crippen LogP) is 2.01. The van der Waals surface area contributed by atoms with Crippen LogP contribution in [0.25, 0.3) is 6.08 Å². The van der Waals surface area contributed by atoms with Crippen LogP contribution in [0, 0.1) is 5.92 Å². The number of carbonyl (C=O) groups is 1. The number of carbonyl (C=O) groups excluding carboxylic acids is 1. The number of sulfone groups is 1. The quantitative estimate of drug-likeness (QED) is 0.802. The minimum atomic E-state index is -3.18. The van der Waals surface area contributed by atoms with Gasteiger partial charge in [0.05, 0.1) is 10.9 Å². The first-order chi connectivity index (χ1) is 9.70. The molecule has 5 heteroatoms. The molecular formula is C16H21NO3S. The summed E-state index contributed by atoms with van der Waals surface area (Å²) in [5.41, 5.74) is 1.68. The van der Waals surface area contributed by atoms with E-state index in [1.54, 1.807) is 24.3 Å². The molecule has 0 bridgehead atoms. The third-order valence-corrected chi connectivity index (χ3v) is 5.08. The molecular weight excluding hydrogens is 286 g/mol. The second-order valence-corrected chi connectivity index (χ2v) is 7.94. The largest absolute Gasteiger partial charge is 0.299 e. The minimum Gasteiger partial charge on any atom is -0.299 e. The van der Waals surface area contributed by atoms with E-state index < -0.39 is 9.84 Å². The fourth-order valence-electron chi connectivity index (χ4n) is 2.65. The first kappa shape index (κ1) is 15.9. The summed E-state index contributed by atoms with van der Waals surface area (Å²) in [5.74, 6) is 0.388. The van der Waals surface area contributed by atoms with Crippen LogP contribution in [0.1, 0.15) is 18.9 Å². The topological polar surface area (TPSA) is 54.5 Å². The van der Waals surface area contributed by atoms with Crippen molar-refractivity contribution in [3.05, 3.63) is 35.4 Å². The van der Waals surface area contributed by atoms with Gasteiger partial charge in [-0.2, -0.15) is 0 Å². The van der Waals surface area contributed by atoms with Crippen molar-refractivity contribution in [2.45, 2.75) is 24.3 Å². The van der Waals surface area contributed by atoms with E-state index in [2.05, 4.69) is 6.92 Å². The maximum absolute atomic E-state index is 12.4. The van der Waals surface area contributed by atoms with Gasteiger partial charge in [0.2, 0.25) is 0 Å². The highest BCUT2D eigenvalue weighted by molar-refractivity contribution is 7.90. The normalized spacial score (nSPS) is 25.0. The average Bonchev–Trinajstić information content (AvgIpc) is 2.66. The van der Waals surface area contributed by atoms with E-state index in [1.807, 2.05) is 25.1 Å². The molecule has 2 atom stereocenters. The molecule has 21 heavy (non-hydrogen) atoms. The molecule has 1 aromatic carbocycles. The predicted molar refractivity (Wildman–Crippen MR) is 83.8 cm³/mol. The van der Waals surface area contributed by atoms with E-state index in [9.17, 15) is 13.2 Å². The Labute approximate surface area is 126 Å². The highest BCUT2D eigenvalue weighted by atomic mass is 32.2. The zero-order valence-corrected chi connectivity index (χ0v) is 13.6. The van der Waals surface area contributed by atoms with Crippen molar-refractivity contribution < 1.29 is 13.2 Å². The van der Waals surface area contributed by atoms with Gasteiger partial charge in [-0.3, -0.25) is 9.69 Å². The van der Waals surface area contributed by atoms with Crippen LogP contribution in [-0.2, 0) is 14.6 Å². The molecule has 0 saturated heterocycles. The molecule has 4 nitrogen and oxygen atoms in total. The molecule has 0 spiro atoms. The molecule has 0 N–H and O–H groups in total. The van der Waals surface area contributed by atoms with Gasteiger partial charge in [-0.25, -0.2) is 8.42 Å². The monoisotopic (exact) mass is 307 g/mol. The van der Waals surface area contributed by atoms with E-state index in [0.29, 0.717) is 4.90 Å². The Morgan fingerprint density at radius 2 is 1.76 bits per heavy atom. The summed E-state index contributed by atoms with van der Waals surface area (Å²) in [5, 5.41) is 0. The zero-order valence-electron chi connectivity index (χ0n) is 12.8. The number of rotatable bonds is 3. The molecule has 1 saturated carbocycles. The van der Waals surface area contributed by atoms with Gasteiger partial charge in [0.1, 0.15) is 0 Å². The van der Waals surface area contributed by atoms with Crippen molar-refractivity contribution in [3.8, 4) is 0 Å². The molecule has 1 aliphatic carbocycles. The molecule has 1 aliphatic rings. The summed E-state index contributed by atoms with van der Waals surface area (Å²) in [6, 6.07) is 6.59. The summed E-state index contributed by atoms with van der Waals surface area (Å²) < 4.78 is 22.9. The molecule has 0 amide bonds. The van der Waals surface area contributed by atoms with Gasteiger partial charge < -0.3 is 0 Å². The van der Waals surface area contributed by atoms with Crippen molar-refractivity contribution in [2.75, 3.05) is 20.4 Å². The zero-order chi connectivity index (χ0) is 15.8. The van der Waals surface area contributed by atoms with Gasteiger partial charge in [0.15, 0.2) is 15.6 Å². The van der Waals surface area contributed by atoms with Crippen LogP contribution in [0.2, 0.25) is 0 Å². The fourth-order valence-corrected chi connectivity index (χ4v) is 3.28. The van der Waals surface area contributed by atoms with E-state index in [-0.39, 0.29) is 17.7 Å². The van der Waals surface area contributed by atoms with Crippen LogP contribution in [0.5, 0.6) is 0 Å². The maximum atomic E-state index is 12.4. The summed E-state index contributed by atoms with van der Waals surface area (Å²) in [7, 11) is 0.649. The summed E-state index contributed by atoms with van der Waals surface area (Å²) in [6.45, 7) is 2.05. The van der Waals surface area contributed by atoms with Crippen LogP contribution in [0.15, 0.2) is 34.7 Å². The van der Waals surface area contributed by atoms with Crippen LogP contribution in [-0.4, -0.2) is 45.5 Å². The van der Waals surface area contributed by atoms with Crippen molar-refractivity contribution in [1.82, 2.24) is 4.90 Å². The number of likely N-dealkylation sites (N-methyl/N-ethyl adjacent to an activating group) is 1. The Morgan fingerprint density at radius 3 is 2.19 bits per heavy atom. The first-order valence-electron chi connectivity index (χ1n) is 6.92. The third kappa shape index (κ3) is 3.41. The van der Waals surface area contributed by atoms with Crippen LogP contribution in [0.3, 0.4) is 0 Å². The fraction of sp³-hybridized carbons (Fsp3) is 0.438. The summed E-state index contributed by atoms with van der Waals surface area (Å²) >= 11 is 0. The number of hydrogen-bond acceptors (Lipinski definition) is 4. The maximum Gasteiger partial charge on any atom is 0.176 e. The van der Waals surface area contributed by atoms with Crippen LogP contribution < -0.4 is 0 Å². The number of Topliss-reactive ketones (excluding diaryl/α,β-unsaturated/α-hetero) is 1. The molecule has 0 heterocycles. The van der Waals surface area contributed by atoms with Gasteiger partial charge in [0, 0.05) is 11.8 Å². The molecule has 0 radical (unpaired) electrons. The molecule has 2 rings (SSSR count). The van der Waals surface area contributed by atoms with Crippen molar-refractivity contribution in [1.29, 1.82) is 0 Å². The second-order valence-electron chi connectivity index (χ2n) is 5.92. The minimum absolute atomic E-state index is 0.0541. The van der Waals surface area contributed by atoms with E-state index >= 15 is 0 Å². The molecule has 1 fully saturated rings. The number of benzene rings is 1. The Kier molecular flexibility index (Phi) is 4.35. The molecule has 114 valence electrons. The smallest absolute Gasteiger partial charge is 0.176 e. The summed E-state index contributed by atoms with van der Waals surface area (Å²) in [6.07, 6.45) is 3.90. The number of ketones is 1. The molecule has 2 unspecified atom stereocenters. The molecule has 0 aliphatic heterocycles. The van der Waals surface area contributed by atoms with Gasteiger partial charge in [-0.05, 0) is 50.2 Å². The van der Waals surface area contributed by atoms with Gasteiger partial charge in [0.25, 0.3) is 0 Å². The first-order valence-corrected chi connectivity index (χ1v) is 8.81. The average molecular weight is 307 g/mol. The highest BCUT2D eigenvalue weighted by Crippen LogP contribution is 2.31. The Morgan fingerprint density at radius 1 is 1.19 bits per heavy atom. The Bertz CT molecular complexity index is 672. The Balaban J connectivity index is 2.30. The lowest BCUT2D eigenvalue weighted by molar-refractivity contribution is -0.118. The van der Waals surface area contributed by atoms with E-state index in [0.717, 1.165) is 17.6 Å². The standard InChI is InChI=1S/C16H21NO3S/c1-11-9-15(17(2)3)16(18)14(11)10-12-5-7-13(8-6-12)21(4,19)20/h5-8,10-11,15H,9H2,1-4H3. The van der Waals surface area contributed by atoms with E-state index in [1.165, 1.54) is 6.26 Å². The van der Waals surface area contributed by atoms with Gasteiger partial charge in [-0.1, -0.05) is 19.1 Å². The SMILES string of the molecule is CC1CC(N(C)C)C(=O)C1=Cc1ccc(S(C)(=O)=O)cc1. The summed E-state index contributed by atoms with van der Waals surface area (Å²) in [4.78, 5) is 14.6. The van der Waals surface area contributed by atoms with Crippen LogP contribution in [0.4, 0.5) is 0 Å². The van der Waals surface area contributed by atoms with Crippen molar-refractivity contribution in [3.63, 3.8) is 0 Å². The highest BCUT2D eigenvalue weighted by Gasteiger charge is 2.35. The third-order valence-electron chi connectivity index (χ3n) is 3.95. The second kappa shape index (κ2) is 5.73. The number of nitrogens with zero attached hydrogens (tertiary/aromatic N) is 1. The Hall–Kier alpha value is -1.46. The van der Waals surface area contributed by atoms with Gasteiger partial charge in [-0.15, -0.1) is 0 Å². The lowest BCUT2D eigenvalue weighted by atomic mass is 10.0. The lowest BCUT2D eigenvalue weighted by Gasteiger charge is -2.16. The van der Waals surface area contributed by atoms with E-state index in [4.69, 9.17) is 0 Å². The molecule has 0 aromatic heterocycles. The van der Waals surface area contributed by atoms with Crippen LogP contribution >= 0.6 is 0 Å².